The first kappa shape index (κ1) is 25.8. The SMILES string of the molecule is COc1cccc(/C=C/c2nc3sc(C)c(C)n3c(=O)c2-c2ccc(OC(F)(F)F)cc2)c1OCC1CC1. The van der Waals surface area contributed by atoms with E-state index in [1.54, 1.807) is 19.3 Å². The zero-order valence-electron chi connectivity index (χ0n) is 21.0. The van der Waals surface area contributed by atoms with Crippen molar-refractivity contribution in [3.05, 3.63) is 74.6 Å². The molecular weight excluding hydrogens is 517 g/mol. The molecule has 38 heavy (non-hydrogen) atoms. The molecule has 0 bridgehead atoms. The molecule has 0 aliphatic heterocycles. The lowest BCUT2D eigenvalue weighted by atomic mass is 10.0. The molecule has 1 aliphatic carbocycles. The lowest BCUT2D eigenvalue weighted by Crippen LogP contribution is -2.19. The highest BCUT2D eigenvalue weighted by Crippen LogP contribution is 2.36. The Kier molecular flexibility index (Phi) is 6.92. The van der Waals surface area contributed by atoms with Gasteiger partial charge in [-0.1, -0.05) is 24.3 Å². The molecule has 10 heteroatoms. The minimum absolute atomic E-state index is 0.265. The number of hydrogen-bond acceptors (Lipinski definition) is 6. The first-order chi connectivity index (χ1) is 18.1. The number of nitrogens with zero attached hydrogens (tertiary/aromatic N) is 2. The Morgan fingerprint density at radius 2 is 1.84 bits per heavy atom. The molecule has 2 heterocycles. The third kappa shape index (κ3) is 5.40. The van der Waals surface area contributed by atoms with Crippen molar-refractivity contribution in [1.29, 1.82) is 0 Å². The van der Waals surface area contributed by atoms with Crippen LogP contribution in [0.25, 0.3) is 28.2 Å². The largest absolute Gasteiger partial charge is 0.573 e. The normalized spacial score (nSPS) is 13.8. The van der Waals surface area contributed by atoms with Gasteiger partial charge in [0.15, 0.2) is 16.5 Å². The van der Waals surface area contributed by atoms with E-state index >= 15 is 0 Å². The molecule has 0 saturated heterocycles. The van der Waals surface area contributed by atoms with Crippen molar-refractivity contribution in [3.63, 3.8) is 0 Å². The van der Waals surface area contributed by atoms with Crippen LogP contribution in [-0.4, -0.2) is 29.5 Å². The second kappa shape index (κ2) is 10.2. The Balaban J connectivity index is 1.61. The number of thiazole rings is 1. The molecule has 2 aromatic heterocycles. The quantitative estimate of drug-likeness (QED) is 0.242. The van der Waals surface area contributed by atoms with Crippen LogP contribution in [0.15, 0.2) is 47.3 Å². The van der Waals surface area contributed by atoms with Gasteiger partial charge in [0.25, 0.3) is 5.56 Å². The van der Waals surface area contributed by atoms with Gasteiger partial charge in [-0.25, -0.2) is 4.98 Å². The lowest BCUT2D eigenvalue weighted by molar-refractivity contribution is -0.274. The molecule has 6 nitrogen and oxygen atoms in total. The van der Waals surface area contributed by atoms with Crippen LogP contribution in [0.2, 0.25) is 0 Å². The molecule has 2 aromatic carbocycles. The van der Waals surface area contributed by atoms with Crippen LogP contribution < -0.4 is 19.8 Å². The molecule has 198 valence electrons. The topological polar surface area (TPSA) is 62.1 Å². The summed E-state index contributed by atoms with van der Waals surface area (Å²) in [7, 11) is 1.58. The summed E-state index contributed by atoms with van der Waals surface area (Å²) in [6, 6.07) is 10.8. The van der Waals surface area contributed by atoms with Crippen molar-refractivity contribution >= 4 is 28.4 Å². The molecule has 0 amide bonds. The fourth-order valence-corrected chi connectivity index (χ4v) is 5.07. The number of halogens is 3. The summed E-state index contributed by atoms with van der Waals surface area (Å²) in [5.74, 6) is 1.38. The Labute approximate surface area is 220 Å². The van der Waals surface area contributed by atoms with E-state index in [9.17, 15) is 18.0 Å². The maximum atomic E-state index is 13.7. The predicted molar refractivity (Wildman–Crippen MR) is 141 cm³/mol. The summed E-state index contributed by atoms with van der Waals surface area (Å²) in [4.78, 5) is 19.9. The number of alkyl halides is 3. The maximum Gasteiger partial charge on any atom is 0.573 e. The van der Waals surface area contributed by atoms with Gasteiger partial charge in [0.1, 0.15) is 5.75 Å². The molecule has 0 N–H and O–H groups in total. The van der Waals surface area contributed by atoms with Crippen LogP contribution in [0.4, 0.5) is 13.2 Å². The fourth-order valence-electron chi connectivity index (χ4n) is 4.10. The van der Waals surface area contributed by atoms with E-state index < -0.39 is 6.36 Å². The van der Waals surface area contributed by atoms with E-state index in [4.69, 9.17) is 14.5 Å². The third-order valence-corrected chi connectivity index (χ3v) is 7.41. The van der Waals surface area contributed by atoms with Crippen LogP contribution >= 0.6 is 11.3 Å². The summed E-state index contributed by atoms with van der Waals surface area (Å²) < 4.78 is 55.1. The van der Waals surface area contributed by atoms with Crippen LogP contribution in [0.3, 0.4) is 0 Å². The Morgan fingerprint density at radius 3 is 2.50 bits per heavy atom. The number of hydrogen-bond donors (Lipinski definition) is 0. The van der Waals surface area contributed by atoms with Gasteiger partial charge in [-0.05, 0) is 68.5 Å². The molecule has 4 aromatic rings. The van der Waals surface area contributed by atoms with Gasteiger partial charge in [-0.2, -0.15) is 0 Å². The number of aryl methyl sites for hydroxylation is 2. The van der Waals surface area contributed by atoms with E-state index in [1.165, 1.54) is 40.0 Å². The van der Waals surface area contributed by atoms with Gasteiger partial charge in [0, 0.05) is 16.1 Å². The summed E-state index contributed by atoms with van der Waals surface area (Å²) in [6.45, 7) is 4.34. The number of methoxy groups -OCH3 is 1. The molecular formula is C28H25F3N2O4S. The molecule has 0 radical (unpaired) electrons. The maximum absolute atomic E-state index is 13.7. The lowest BCUT2D eigenvalue weighted by Gasteiger charge is -2.13. The number of fused-ring (bicyclic) bond motifs is 1. The smallest absolute Gasteiger partial charge is 0.493 e. The van der Waals surface area contributed by atoms with Crippen molar-refractivity contribution in [3.8, 4) is 28.4 Å². The monoisotopic (exact) mass is 542 g/mol. The summed E-state index contributed by atoms with van der Waals surface area (Å²) in [6.07, 6.45) is 1.01. The Bertz CT molecular complexity index is 1570. The van der Waals surface area contributed by atoms with Gasteiger partial charge in [-0.3, -0.25) is 9.20 Å². The van der Waals surface area contributed by atoms with Crippen molar-refractivity contribution in [2.45, 2.75) is 33.1 Å². The zero-order valence-corrected chi connectivity index (χ0v) is 21.8. The summed E-state index contributed by atoms with van der Waals surface area (Å²) in [5, 5.41) is 0. The van der Waals surface area contributed by atoms with Crippen molar-refractivity contribution in [2.75, 3.05) is 13.7 Å². The third-order valence-electron chi connectivity index (χ3n) is 6.36. The number of ether oxygens (including phenoxy) is 3. The van der Waals surface area contributed by atoms with E-state index in [2.05, 4.69) is 4.74 Å². The average Bonchev–Trinajstić information content (AvgIpc) is 3.65. The first-order valence-electron chi connectivity index (χ1n) is 12.0. The zero-order chi connectivity index (χ0) is 27.0. The van der Waals surface area contributed by atoms with Crippen molar-refractivity contribution < 1.29 is 27.4 Å². The molecule has 0 unspecified atom stereocenters. The van der Waals surface area contributed by atoms with Gasteiger partial charge in [0.2, 0.25) is 0 Å². The van der Waals surface area contributed by atoms with Gasteiger partial charge >= 0.3 is 6.36 Å². The summed E-state index contributed by atoms with van der Waals surface area (Å²) in [5.41, 5.74) is 2.28. The predicted octanol–water partition coefficient (Wildman–Crippen LogP) is 6.91. The molecule has 1 saturated carbocycles. The number of rotatable bonds is 8. The van der Waals surface area contributed by atoms with Crippen LogP contribution in [0, 0.1) is 19.8 Å². The highest BCUT2D eigenvalue weighted by Gasteiger charge is 2.31. The van der Waals surface area contributed by atoms with Gasteiger partial charge in [-0.15, -0.1) is 24.5 Å². The number of benzene rings is 2. The van der Waals surface area contributed by atoms with E-state index in [1.807, 2.05) is 32.0 Å². The van der Waals surface area contributed by atoms with Gasteiger partial charge in [0.05, 0.1) is 25.0 Å². The van der Waals surface area contributed by atoms with E-state index in [-0.39, 0.29) is 16.9 Å². The number of para-hydroxylation sites is 1. The molecule has 5 rings (SSSR count). The van der Waals surface area contributed by atoms with Crippen LogP contribution in [-0.2, 0) is 0 Å². The van der Waals surface area contributed by atoms with Crippen LogP contribution in [0.1, 0.15) is 34.7 Å². The van der Waals surface area contributed by atoms with Crippen molar-refractivity contribution in [1.82, 2.24) is 9.38 Å². The minimum Gasteiger partial charge on any atom is -0.493 e. The molecule has 0 spiro atoms. The van der Waals surface area contributed by atoms with Gasteiger partial charge < -0.3 is 14.2 Å². The minimum atomic E-state index is -4.81. The second-order valence-electron chi connectivity index (χ2n) is 9.08. The van der Waals surface area contributed by atoms with E-state index in [0.29, 0.717) is 40.2 Å². The number of aromatic nitrogens is 2. The second-order valence-corrected chi connectivity index (χ2v) is 10.3. The Hall–Kier alpha value is -3.79. The van der Waals surface area contributed by atoms with Crippen molar-refractivity contribution in [2.24, 2.45) is 5.92 Å². The standard InChI is InChI=1S/C28H25F3N2O4S/c1-16-17(2)38-27-32-22(14-11-20-5-4-6-23(35-3)25(20)36-15-18-7-8-18)24(26(34)33(16)27)19-9-12-21(13-10-19)37-28(29,30)31/h4-6,9-14,18H,7-8,15H2,1-3H3/b14-11+. The molecule has 1 fully saturated rings. The highest BCUT2D eigenvalue weighted by atomic mass is 32.1. The van der Waals surface area contributed by atoms with E-state index in [0.717, 1.165) is 29.0 Å². The Morgan fingerprint density at radius 1 is 1.11 bits per heavy atom. The fraction of sp³-hybridized carbons (Fsp3) is 0.286. The highest BCUT2D eigenvalue weighted by molar-refractivity contribution is 7.17. The first-order valence-corrected chi connectivity index (χ1v) is 12.8. The summed E-state index contributed by atoms with van der Waals surface area (Å²) >= 11 is 1.40. The van der Waals surface area contributed by atoms with Crippen LogP contribution in [0.5, 0.6) is 17.2 Å². The average molecular weight is 543 g/mol. The molecule has 0 atom stereocenters. The molecule has 1 aliphatic rings.